The Morgan fingerprint density at radius 2 is 1.90 bits per heavy atom. The van der Waals surface area contributed by atoms with E-state index in [2.05, 4.69) is 45.0 Å². The van der Waals surface area contributed by atoms with Crippen molar-refractivity contribution in [3.8, 4) is 28.3 Å². The van der Waals surface area contributed by atoms with E-state index in [0.29, 0.717) is 22.8 Å². The molecular formula is C29H32N8O2. The van der Waals surface area contributed by atoms with E-state index in [0.717, 1.165) is 29.0 Å². The smallest absolute Gasteiger partial charge is 0.288 e. The molecule has 0 unspecified atom stereocenters. The number of anilines is 2. The summed E-state index contributed by atoms with van der Waals surface area (Å²) in [6.45, 7) is 8.16. The summed E-state index contributed by atoms with van der Waals surface area (Å²) >= 11 is 0. The van der Waals surface area contributed by atoms with Crippen LogP contribution in [0.25, 0.3) is 22.5 Å². The number of amides is 1. The Bertz CT molecular complexity index is 1540. The highest BCUT2D eigenvalue weighted by atomic mass is 16.3. The number of aromatic hydroxyl groups is 1. The zero-order valence-electron chi connectivity index (χ0n) is 22.4. The fourth-order valence-electron chi connectivity index (χ4n) is 4.91. The van der Waals surface area contributed by atoms with Gasteiger partial charge in [0.25, 0.3) is 5.91 Å². The SMILES string of the molecule is CC(C)/C(=N/Nc1cccc(-c2cccc(-c3nn[nH]n3)c2)c1O)C(=O)N(N)c1ccc2c(c1)C(C)(C)CC2. The number of carbonyl (C=O) groups excluding carboxylic acids is 1. The number of benzene rings is 3. The number of hydrogen-bond acceptors (Lipinski definition) is 8. The topological polar surface area (TPSA) is 145 Å². The van der Waals surface area contributed by atoms with Gasteiger partial charge in [0.05, 0.1) is 11.4 Å². The summed E-state index contributed by atoms with van der Waals surface area (Å²) in [6.07, 6.45) is 2.09. The first-order valence-corrected chi connectivity index (χ1v) is 12.9. The summed E-state index contributed by atoms with van der Waals surface area (Å²) in [6, 6.07) is 18.7. The van der Waals surface area contributed by atoms with Crippen molar-refractivity contribution >= 4 is 23.0 Å². The highest BCUT2D eigenvalue weighted by Gasteiger charge is 2.31. The van der Waals surface area contributed by atoms with Gasteiger partial charge in [0.1, 0.15) is 11.5 Å². The predicted molar refractivity (Wildman–Crippen MR) is 152 cm³/mol. The third-order valence-corrected chi connectivity index (χ3v) is 7.21. The number of tetrazole rings is 1. The molecule has 0 atom stereocenters. The number of aromatic nitrogens is 4. The molecule has 4 aromatic rings. The second-order valence-electron chi connectivity index (χ2n) is 10.7. The molecule has 5 N–H and O–H groups in total. The van der Waals surface area contributed by atoms with E-state index in [1.165, 1.54) is 11.1 Å². The minimum absolute atomic E-state index is 0.00692. The molecule has 1 amide bonds. The summed E-state index contributed by atoms with van der Waals surface area (Å²) in [5, 5.41) is 30.7. The Morgan fingerprint density at radius 3 is 2.64 bits per heavy atom. The van der Waals surface area contributed by atoms with Crippen molar-refractivity contribution in [3.05, 3.63) is 71.8 Å². The molecule has 5 rings (SSSR count). The van der Waals surface area contributed by atoms with Gasteiger partial charge < -0.3 is 5.11 Å². The first-order valence-electron chi connectivity index (χ1n) is 12.9. The van der Waals surface area contributed by atoms with Crippen LogP contribution in [-0.2, 0) is 16.6 Å². The van der Waals surface area contributed by atoms with E-state index in [9.17, 15) is 9.90 Å². The molecule has 39 heavy (non-hydrogen) atoms. The zero-order chi connectivity index (χ0) is 27.7. The highest BCUT2D eigenvalue weighted by Crippen LogP contribution is 2.40. The standard InChI is InChI=1S/C29H32N8O2/c1-17(2)25(28(39)37(30)21-12-11-18-13-14-29(3,4)23(18)16-21)32-31-24-10-6-9-22(26(24)38)19-7-5-8-20(15-19)27-33-35-36-34-27/h5-12,15-17,31,38H,13-14,30H2,1-4H3,(H,33,34,35,36)/b32-25-. The average molecular weight is 525 g/mol. The number of para-hydroxylation sites is 1. The number of aromatic amines is 1. The Morgan fingerprint density at radius 1 is 1.13 bits per heavy atom. The Balaban J connectivity index is 1.40. The molecule has 3 aromatic carbocycles. The van der Waals surface area contributed by atoms with Crippen molar-refractivity contribution in [2.24, 2.45) is 16.9 Å². The fraction of sp³-hybridized carbons (Fsp3) is 0.276. The molecule has 1 aromatic heterocycles. The van der Waals surface area contributed by atoms with Crippen molar-refractivity contribution in [1.29, 1.82) is 0 Å². The van der Waals surface area contributed by atoms with Crippen LogP contribution >= 0.6 is 0 Å². The predicted octanol–water partition coefficient (Wildman–Crippen LogP) is 4.79. The maximum Gasteiger partial charge on any atom is 0.288 e. The van der Waals surface area contributed by atoms with Crippen LogP contribution in [0.4, 0.5) is 11.4 Å². The number of fused-ring (bicyclic) bond motifs is 1. The summed E-state index contributed by atoms with van der Waals surface area (Å²) in [4.78, 5) is 13.4. The normalized spacial score (nSPS) is 14.4. The number of nitrogens with one attached hydrogen (secondary N) is 2. The number of nitrogens with zero attached hydrogens (tertiary/aromatic N) is 5. The molecule has 0 saturated heterocycles. The van der Waals surface area contributed by atoms with E-state index < -0.39 is 5.91 Å². The highest BCUT2D eigenvalue weighted by molar-refractivity contribution is 6.44. The minimum Gasteiger partial charge on any atom is -0.505 e. The fourth-order valence-corrected chi connectivity index (χ4v) is 4.91. The monoisotopic (exact) mass is 524 g/mol. The molecule has 1 aliphatic rings. The van der Waals surface area contributed by atoms with Gasteiger partial charge in [-0.2, -0.15) is 10.3 Å². The maximum absolute atomic E-state index is 13.4. The van der Waals surface area contributed by atoms with Crippen LogP contribution in [0, 0.1) is 5.92 Å². The van der Waals surface area contributed by atoms with Gasteiger partial charge in [-0.3, -0.25) is 10.2 Å². The molecule has 1 aliphatic carbocycles. The Kier molecular flexibility index (Phi) is 6.88. The summed E-state index contributed by atoms with van der Waals surface area (Å²) < 4.78 is 0. The lowest BCUT2D eigenvalue weighted by atomic mass is 9.86. The number of aryl methyl sites for hydroxylation is 1. The summed E-state index contributed by atoms with van der Waals surface area (Å²) in [5.41, 5.74) is 8.74. The maximum atomic E-state index is 13.4. The summed E-state index contributed by atoms with van der Waals surface area (Å²) in [7, 11) is 0. The van der Waals surface area contributed by atoms with Crippen molar-refractivity contribution in [2.45, 2.75) is 46.0 Å². The molecule has 0 fully saturated rings. The van der Waals surface area contributed by atoms with Crippen LogP contribution in [0.1, 0.15) is 45.2 Å². The summed E-state index contributed by atoms with van der Waals surface area (Å²) in [5.74, 6) is 6.12. The molecule has 0 aliphatic heterocycles. The number of rotatable bonds is 7. The lowest BCUT2D eigenvalue weighted by molar-refractivity contribution is -0.112. The van der Waals surface area contributed by atoms with Crippen molar-refractivity contribution in [2.75, 3.05) is 10.4 Å². The number of nitrogens with two attached hydrogens (primary N) is 1. The van der Waals surface area contributed by atoms with Gasteiger partial charge in [-0.25, -0.2) is 10.9 Å². The van der Waals surface area contributed by atoms with Gasteiger partial charge in [-0.1, -0.05) is 64.1 Å². The number of phenolic OH excluding ortho intramolecular Hbond substituents is 1. The van der Waals surface area contributed by atoms with E-state index >= 15 is 0 Å². The molecule has 0 spiro atoms. The Hall–Kier alpha value is -4.57. The number of carbonyl (C=O) groups is 1. The van der Waals surface area contributed by atoms with E-state index in [1.54, 1.807) is 18.2 Å². The van der Waals surface area contributed by atoms with Gasteiger partial charge in [-0.05, 0) is 64.4 Å². The first-order chi connectivity index (χ1) is 18.7. The number of hydrazone groups is 1. The van der Waals surface area contributed by atoms with Crippen molar-refractivity contribution in [3.63, 3.8) is 0 Å². The zero-order valence-corrected chi connectivity index (χ0v) is 22.4. The lowest BCUT2D eigenvalue weighted by Crippen LogP contribution is -2.44. The van der Waals surface area contributed by atoms with Crippen LogP contribution in [0.15, 0.2) is 65.8 Å². The van der Waals surface area contributed by atoms with Crippen LogP contribution in [0.3, 0.4) is 0 Å². The molecule has 0 radical (unpaired) electrons. The number of H-pyrrole nitrogens is 1. The largest absolute Gasteiger partial charge is 0.505 e. The van der Waals surface area contributed by atoms with Crippen LogP contribution < -0.4 is 16.3 Å². The number of phenols is 1. The van der Waals surface area contributed by atoms with Gasteiger partial charge in [0.15, 0.2) is 0 Å². The lowest BCUT2D eigenvalue weighted by Gasteiger charge is -2.23. The van der Waals surface area contributed by atoms with E-state index in [-0.39, 0.29) is 22.8 Å². The average Bonchev–Trinajstić information content (AvgIpc) is 3.57. The van der Waals surface area contributed by atoms with Crippen LogP contribution in [0.5, 0.6) is 5.75 Å². The second-order valence-corrected chi connectivity index (χ2v) is 10.7. The van der Waals surface area contributed by atoms with Gasteiger partial charge >= 0.3 is 0 Å². The van der Waals surface area contributed by atoms with Crippen LogP contribution in [0.2, 0.25) is 0 Å². The van der Waals surface area contributed by atoms with Crippen molar-refractivity contribution in [1.82, 2.24) is 20.6 Å². The molecule has 10 nitrogen and oxygen atoms in total. The van der Waals surface area contributed by atoms with Gasteiger partial charge in [-0.15, -0.1) is 10.2 Å². The Labute approximate surface area is 226 Å². The van der Waals surface area contributed by atoms with Crippen LogP contribution in [-0.4, -0.2) is 37.3 Å². The van der Waals surface area contributed by atoms with E-state index in [1.807, 2.05) is 56.3 Å². The molecule has 200 valence electrons. The third kappa shape index (κ3) is 5.10. The first kappa shape index (κ1) is 26.1. The molecular weight excluding hydrogens is 492 g/mol. The van der Waals surface area contributed by atoms with Crippen molar-refractivity contribution < 1.29 is 9.90 Å². The van der Waals surface area contributed by atoms with Gasteiger partial charge in [0.2, 0.25) is 5.82 Å². The molecule has 1 heterocycles. The third-order valence-electron chi connectivity index (χ3n) is 7.21. The molecule has 10 heteroatoms. The quantitative estimate of drug-likeness (QED) is 0.0893. The number of hydrazine groups is 1. The van der Waals surface area contributed by atoms with Gasteiger partial charge in [0, 0.05) is 17.0 Å². The van der Waals surface area contributed by atoms with E-state index in [4.69, 9.17) is 5.84 Å². The molecule has 0 bridgehead atoms. The second kappa shape index (κ2) is 10.3. The minimum atomic E-state index is -0.420. The number of hydrogen-bond donors (Lipinski definition) is 4. The molecule has 0 saturated carbocycles.